The van der Waals surface area contributed by atoms with Crippen molar-refractivity contribution in [3.63, 3.8) is 0 Å². The van der Waals surface area contributed by atoms with Crippen LogP contribution in [-0.4, -0.2) is 56.5 Å². The Morgan fingerprint density at radius 3 is 2.66 bits per heavy atom. The number of benzene rings is 2. The maximum atomic E-state index is 12.3. The van der Waals surface area contributed by atoms with Crippen molar-refractivity contribution in [3.8, 4) is 11.3 Å². The average Bonchev–Trinajstić information content (AvgIpc) is 3.33. The van der Waals surface area contributed by atoms with Crippen molar-refractivity contribution >= 4 is 46.2 Å². The number of nitrogens with zero attached hydrogens (tertiary/aromatic N) is 4. The zero-order valence-electron chi connectivity index (χ0n) is 18.5. The van der Waals surface area contributed by atoms with E-state index >= 15 is 0 Å². The summed E-state index contributed by atoms with van der Waals surface area (Å²) in [6.45, 7) is 0.993. The number of aromatic amines is 1. The Bertz CT molecular complexity index is 1360. The van der Waals surface area contributed by atoms with Gasteiger partial charge in [-0.05, 0) is 31.0 Å². The minimum atomic E-state index is -0.733. The molecular weight excluding hydrogens is 491 g/mol. The third-order valence-corrected chi connectivity index (χ3v) is 7.00. The lowest BCUT2D eigenvalue weighted by molar-refractivity contribution is -0.0286. The number of aromatic nitrogens is 4. The van der Waals surface area contributed by atoms with Crippen molar-refractivity contribution in [1.29, 1.82) is 0 Å². The number of carbonyl (C=O) groups is 1. The molecule has 3 heterocycles. The number of aliphatic hydroxyl groups is 1. The van der Waals surface area contributed by atoms with Crippen LogP contribution in [0.25, 0.3) is 22.4 Å². The van der Waals surface area contributed by atoms with E-state index in [0.29, 0.717) is 69.8 Å². The summed E-state index contributed by atoms with van der Waals surface area (Å²) >= 11 is 12.5. The highest BCUT2D eigenvalue weighted by Gasteiger charge is 2.36. The van der Waals surface area contributed by atoms with Gasteiger partial charge in [-0.3, -0.25) is 5.10 Å². The number of nitrogens with one attached hydrogen (secondary N) is 2. The SMILES string of the molecule is O=C(ONC1(CO)CCN(c2cnc3c(-c4cccc(Cl)c4Cl)n[nH]c3n2)CC1)c1ccccc1. The molecule has 9 nitrogen and oxygen atoms in total. The highest BCUT2D eigenvalue weighted by molar-refractivity contribution is 6.43. The topological polar surface area (TPSA) is 116 Å². The van der Waals surface area contributed by atoms with Gasteiger partial charge in [0.05, 0.1) is 34.0 Å². The van der Waals surface area contributed by atoms with E-state index in [4.69, 9.17) is 28.0 Å². The van der Waals surface area contributed by atoms with Gasteiger partial charge in [0.15, 0.2) is 5.65 Å². The quantitative estimate of drug-likeness (QED) is 0.331. The van der Waals surface area contributed by atoms with Crippen LogP contribution < -0.4 is 10.4 Å². The van der Waals surface area contributed by atoms with E-state index < -0.39 is 11.5 Å². The first-order chi connectivity index (χ1) is 17.0. The zero-order valence-corrected chi connectivity index (χ0v) is 20.1. The van der Waals surface area contributed by atoms with Gasteiger partial charge in [-0.1, -0.05) is 53.5 Å². The van der Waals surface area contributed by atoms with Gasteiger partial charge in [0.1, 0.15) is 17.0 Å². The van der Waals surface area contributed by atoms with Crippen molar-refractivity contribution in [1.82, 2.24) is 25.6 Å². The number of hydrogen-bond acceptors (Lipinski definition) is 8. The highest BCUT2D eigenvalue weighted by Crippen LogP contribution is 2.35. The van der Waals surface area contributed by atoms with Gasteiger partial charge in [0.2, 0.25) is 0 Å². The summed E-state index contributed by atoms with van der Waals surface area (Å²) in [5.41, 5.74) is 4.89. The minimum Gasteiger partial charge on any atom is -0.394 e. The molecule has 180 valence electrons. The van der Waals surface area contributed by atoms with Crippen molar-refractivity contribution in [2.75, 3.05) is 24.6 Å². The smallest absolute Gasteiger partial charge is 0.356 e. The lowest BCUT2D eigenvalue weighted by atomic mass is 9.89. The Morgan fingerprint density at radius 2 is 1.91 bits per heavy atom. The number of carbonyl (C=O) groups excluding carboxylic acids is 1. The number of hydroxylamine groups is 1. The molecule has 0 radical (unpaired) electrons. The molecule has 0 spiro atoms. The van der Waals surface area contributed by atoms with Gasteiger partial charge in [-0.2, -0.15) is 5.10 Å². The summed E-state index contributed by atoms with van der Waals surface area (Å²) < 4.78 is 0. The number of aliphatic hydroxyl groups excluding tert-OH is 1. The molecule has 5 rings (SSSR count). The fourth-order valence-corrected chi connectivity index (χ4v) is 4.45. The van der Waals surface area contributed by atoms with Gasteiger partial charge in [-0.15, -0.1) is 5.48 Å². The first-order valence-corrected chi connectivity index (χ1v) is 11.8. The lowest BCUT2D eigenvalue weighted by Crippen LogP contribution is -2.56. The molecule has 0 bridgehead atoms. The van der Waals surface area contributed by atoms with Gasteiger partial charge >= 0.3 is 5.97 Å². The van der Waals surface area contributed by atoms with Gasteiger partial charge in [-0.25, -0.2) is 14.8 Å². The van der Waals surface area contributed by atoms with Gasteiger partial charge in [0, 0.05) is 18.7 Å². The Kier molecular flexibility index (Phi) is 6.57. The molecular formula is C24H22Cl2N6O3. The molecule has 2 aromatic heterocycles. The van der Waals surface area contributed by atoms with Crippen molar-refractivity contribution < 1.29 is 14.7 Å². The number of anilines is 1. The molecule has 11 heteroatoms. The number of fused-ring (bicyclic) bond motifs is 1. The Hall–Kier alpha value is -3.24. The van der Waals surface area contributed by atoms with E-state index in [1.807, 2.05) is 12.1 Å². The maximum absolute atomic E-state index is 12.3. The predicted octanol–water partition coefficient (Wildman–Crippen LogP) is 4.02. The van der Waals surface area contributed by atoms with Crippen LogP contribution >= 0.6 is 23.2 Å². The lowest BCUT2D eigenvalue weighted by Gasteiger charge is -2.40. The molecule has 2 aromatic carbocycles. The number of hydrogen-bond donors (Lipinski definition) is 3. The van der Waals surface area contributed by atoms with Gasteiger partial charge < -0.3 is 14.8 Å². The summed E-state index contributed by atoms with van der Waals surface area (Å²) in [7, 11) is 0. The van der Waals surface area contributed by atoms with Crippen molar-refractivity contribution in [2.24, 2.45) is 0 Å². The molecule has 0 atom stereocenters. The number of rotatable bonds is 6. The highest BCUT2D eigenvalue weighted by atomic mass is 35.5. The molecule has 1 aliphatic heterocycles. The normalized spacial score (nSPS) is 15.3. The van der Waals surface area contributed by atoms with Crippen LogP contribution in [0.1, 0.15) is 23.2 Å². The molecule has 0 unspecified atom stereocenters. The van der Waals surface area contributed by atoms with Gasteiger partial charge in [0.25, 0.3) is 0 Å². The fourth-order valence-electron chi connectivity index (χ4n) is 4.06. The predicted molar refractivity (Wildman–Crippen MR) is 133 cm³/mol. The second-order valence-corrected chi connectivity index (χ2v) is 9.17. The number of halogens is 2. The molecule has 1 aliphatic rings. The van der Waals surface area contributed by atoms with E-state index in [1.165, 1.54) is 0 Å². The van der Waals surface area contributed by atoms with Crippen molar-refractivity contribution in [3.05, 3.63) is 70.3 Å². The maximum Gasteiger partial charge on any atom is 0.356 e. The first kappa shape index (κ1) is 23.5. The molecule has 35 heavy (non-hydrogen) atoms. The summed E-state index contributed by atoms with van der Waals surface area (Å²) in [4.78, 5) is 28.9. The molecule has 0 aliphatic carbocycles. The van der Waals surface area contributed by atoms with Crippen LogP contribution in [0.2, 0.25) is 10.0 Å². The first-order valence-electron chi connectivity index (χ1n) is 11.0. The molecule has 1 fully saturated rings. The summed E-state index contributed by atoms with van der Waals surface area (Å²) in [5.74, 6) is 0.185. The second kappa shape index (κ2) is 9.79. The number of H-pyrrole nitrogens is 1. The molecule has 0 amide bonds. The Labute approximate surface area is 211 Å². The van der Waals surface area contributed by atoms with Crippen LogP contribution in [0.5, 0.6) is 0 Å². The van der Waals surface area contributed by atoms with Crippen molar-refractivity contribution in [2.45, 2.75) is 18.4 Å². The van der Waals surface area contributed by atoms with E-state index in [-0.39, 0.29) is 6.61 Å². The Balaban J connectivity index is 1.28. The molecule has 0 saturated carbocycles. The van der Waals surface area contributed by atoms with Crippen LogP contribution in [0.3, 0.4) is 0 Å². The monoisotopic (exact) mass is 512 g/mol. The van der Waals surface area contributed by atoms with E-state index in [1.54, 1.807) is 42.6 Å². The molecule has 3 N–H and O–H groups in total. The van der Waals surface area contributed by atoms with Crippen LogP contribution in [0.15, 0.2) is 54.7 Å². The van der Waals surface area contributed by atoms with E-state index in [0.717, 1.165) is 0 Å². The summed E-state index contributed by atoms with van der Waals surface area (Å²) in [6.07, 6.45) is 2.77. The average molecular weight is 513 g/mol. The van der Waals surface area contributed by atoms with E-state index in [9.17, 15) is 9.90 Å². The minimum absolute atomic E-state index is 0.169. The second-order valence-electron chi connectivity index (χ2n) is 8.38. The standard InChI is InChI=1S/C24H22Cl2N6O3/c25-17-8-4-7-16(19(17)26)20-21-22(30-29-20)28-18(13-27-21)32-11-9-24(14-33,10-12-32)31-35-23(34)15-5-2-1-3-6-15/h1-8,13,31,33H,9-12,14H2,(H,28,29,30). The van der Waals surface area contributed by atoms with Crippen LogP contribution in [0, 0.1) is 0 Å². The number of piperidine rings is 1. The molecule has 4 aromatic rings. The third-order valence-electron chi connectivity index (χ3n) is 6.18. The summed E-state index contributed by atoms with van der Waals surface area (Å²) in [6, 6.07) is 14.1. The van der Waals surface area contributed by atoms with Crippen LogP contribution in [0.4, 0.5) is 5.82 Å². The molecule has 1 saturated heterocycles. The Morgan fingerprint density at radius 1 is 1.14 bits per heavy atom. The third kappa shape index (κ3) is 4.68. The summed E-state index contributed by atoms with van der Waals surface area (Å²) in [5, 5.41) is 18.2. The fraction of sp³-hybridized carbons (Fsp3) is 0.250. The zero-order chi connectivity index (χ0) is 24.4. The van der Waals surface area contributed by atoms with Crippen LogP contribution in [-0.2, 0) is 4.84 Å². The largest absolute Gasteiger partial charge is 0.394 e. The van der Waals surface area contributed by atoms with E-state index in [2.05, 4.69) is 30.5 Å².